The van der Waals surface area contributed by atoms with E-state index in [0.29, 0.717) is 22.8 Å². The van der Waals surface area contributed by atoms with Crippen LogP contribution in [-0.2, 0) is 9.53 Å². The van der Waals surface area contributed by atoms with Crippen LogP contribution in [0.25, 0.3) is 0 Å². The van der Waals surface area contributed by atoms with Crippen LogP contribution in [0.15, 0.2) is 23.8 Å². The monoisotopic (exact) mass is 318 g/mol. The van der Waals surface area contributed by atoms with Crippen molar-refractivity contribution >= 4 is 5.97 Å². The molecule has 0 aromatic heterocycles. The van der Waals surface area contributed by atoms with E-state index in [1.54, 1.807) is 0 Å². The summed E-state index contributed by atoms with van der Waals surface area (Å²) in [5.74, 6) is 0.747. The van der Waals surface area contributed by atoms with Gasteiger partial charge < -0.3 is 9.84 Å². The molecule has 0 unspecified atom stereocenters. The Morgan fingerprint density at radius 2 is 2.09 bits per heavy atom. The number of fused-ring (bicyclic) bond motifs is 1. The zero-order valence-corrected chi connectivity index (χ0v) is 14.7. The Labute approximate surface area is 139 Å². The first-order valence-corrected chi connectivity index (χ1v) is 8.98. The van der Waals surface area contributed by atoms with Gasteiger partial charge in [-0.2, -0.15) is 0 Å². The molecule has 2 saturated carbocycles. The zero-order valence-electron chi connectivity index (χ0n) is 14.7. The molecule has 1 saturated heterocycles. The summed E-state index contributed by atoms with van der Waals surface area (Å²) in [7, 11) is 0. The third-order valence-corrected chi connectivity index (χ3v) is 6.86. The molecule has 3 nitrogen and oxygen atoms in total. The smallest absolute Gasteiger partial charge is 0.336 e. The number of allylic oxidation sites excluding steroid dienone is 2. The Morgan fingerprint density at radius 3 is 2.74 bits per heavy atom. The van der Waals surface area contributed by atoms with E-state index in [-0.39, 0.29) is 18.0 Å². The lowest BCUT2D eigenvalue weighted by Gasteiger charge is -2.58. The Balaban J connectivity index is 1.86. The maximum atomic E-state index is 11.7. The van der Waals surface area contributed by atoms with Crippen LogP contribution in [-0.4, -0.2) is 23.8 Å². The van der Waals surface area contributed by atoms with Crippen molar-refractivity contribution in [3.05, 3.63) is 23.8 Å². The lowest BCUT2D eigenvalue weighted by molar-refractivity contribution is -0.135. The molecule has 0 spiro atoms. The quantitative estimate of drug-likeness (QED) is 0.475. The number of carbonyl (C=O) groups excluding carboxylic acids is 1. The van der Waals surface area contributed by atoms with Crippen molar-refractivity contribution in [1.82, 2.24) is 0 Å². The number of aliphatic hydroxyl groups excluding tert-OH is 1. The normalized spacial score (nSPS) is 41.7. The fourth-order valence-electron chi connectivity index (χ4n) is 5.64. The van der Waals surface area contributed by atoms with E-state index in [1.807, 2.05) is 6.08 Å². The third kappa shape index (κ3) is 2.77. The summed E-state index contributed by atoms with van der Waals surface area (Å²) in [6.07, 6.45) is 8.09. The second-order valence-electron chi connectivity index (χ2n) is 8.66. The second kappa shape index (κ2) is 5.77. The van der Waals surface area contributed by atoms with E-state index in [1.165, 1.54) is 31.3 Å². The fraction of sp³-hybridized carbons (Fsp3) is 0.750. The van der Waals surface area contributed by atoms with Crippen LogP contribution in [0.1, 0.15) is 59.3 Å². The van der Waals surface area contributed by atoms with Gasteiger partial charge in [0.15, 0.2) is 0 Å². The van der Waals surface area contributed by atoms with Crippen molar-refractivity contribution in [1.29, 1.82) is 0 Å². The zero-order chi connectivity index (χ0) is 16.8. The van der Waals surface area contributed by atoms with Gasteiger partial charge in [0, 0.05) is 0 Å². The maximum absolute atomic E-state index is 11.7. The van der Waals surface area contributed by atoms with Crippen molar-refractivity contribution in [2.75, 3.05) is 6.61 Å². The van der Waals surface area contributed by atoms with Crippen LogP contribution >= 0.6 is 0 Å². The molecule has 0 aromatic rings. The van der Waals surface area contributed by atoms with Crippen LogP contribution in [0.2, 0.25) is 0 Å². The summed E-state index contributed by atoms with van der Waals surface area (Å²) in [4.78, 5) is 11.7. The minimum absolute atomic E-state index is 0.100. The van der Waals surface area contributed by atoms with Gasteiger partial charge >= 0.3 is 5.97 Å². The average Bonchev–Trinajstić information content (AvgIpc) is 2.77. The number of cyclic esters (lactones) is 1. The van der Waals surface area contributed by atoms with Gasteiger partial charge in [-0.25, -0.2) is 4.79 Å². The number of hydrogen-bond donors (Lipinski definition) is 1. The first kappa shape index (κ1) is 16.8. The molecule has 0 radical (unpaired) electrons. The summed E-state index contributed by atoms with van der Waals surface area (Å²) in [5, 5.41) is 9.90. The van der Waals surface area contributed by atoms with E-state index >= 15 is 0 Å². The summed E-state index contributed by atoms with van der Waals surface area (Å²) < 4.78 is 4.93. The standard InChI is InChI=1S/C20H30O3/c1-13-6-9-17-19(2,3)10-5-11-20(17,4)15(13)8-7-14-16(21)12-23-18(14)22/h7,15-17,21H,1,5-6,8-12H2,2-4H3/b14-7+/t15-,16-,17-,20+/m0/s1. The number of rotatable bonds is 2. The Kier molecular flexibility index (Phi) is 4.20. The van der Waals surface area contributed by atoms with E-state index in [9.17, 15) is 9.90 Å². The first-order valence-electron chi connectivity index (χ1n) is 8.98. The molecule has 128 valence electrons. The van der Waals surface area contributed by atoms with E-state index in [4.69, 9.17) is 4.74 Å². The molecule has 0 aromatic carbocycles. The average molecular weight is 318 g/mol. The van der Waals surface area contributed by atoms with Crippen LogP contribution in [0.4, 0.5) is 0 Å². The van der Waals surface area contributed by atoms with Gasteiger partial charge in [-0.3, -0.25) is 0 Å². The molecule has 1 heterocycles. The molecule has 0 bridgehead atoms. The number of esters is 1. The summed E-state index contributed by atoms with van der Waals surface area (Å²) in [6.45, 7) is 11.7. The third-order valence-electron chi connectivity index (χ3n) is 6.86. The molecule has 1 aliphatic heterocycles. The number of carbonyl (C=O) groups is 1. The molecular weight excluding hydrogens is 288 g/mol. The lowest BCUT2D eigenvalue weighted by atomic mass is 9.47. The molecule has 1 N–H and O–H groups in total. The van der Waals surface area contributed by atoms with Gasteiger partial charge in [0.1, 0.15) is 12.7 Å². The molecule has 3 heteroatoms. The van der Waals surface area contributed by atoms with Crippen LogP contribution in [0.3, 0.4) is 0 Å². The first-order chi connectivity index (χ1) is 10.8. The maximum Gasteiger partial charge on any atom is 0.336 e. The van der Waals surface area contributed by atoms with Gasteiger partial charge in [-0.05, 0) is 54.8 Å². The van der Waals surface area contributed by atoms with Crippen LogP contribution < -0.4 is 0 Å². The minimum atomic E-state index is -0.759. The van der Waals surface area contributed by atoms with Gasteiger partial charge in [0.05, 0.1) is 5.57 Å². The second-order valence-corrected chi connectivity index (χ2v) is 8.66. The predicted octanol–water partition coefficient (Wildman–Crippen LogP) is 4.02. The van der Waals surface area contributed by atoms with Crippen LogP contribution in [0, 0.1) is 22.7 Å². The number of ether oxygens (including phenoxy) is 1. The van der Waals surface area contributed by atoms with E-state index < -0.39 is 6.10 Å². The molecular formula is C20H30O3. The van der Waals surface area contributed by atoms with Crippen molar-refractivity contribution in [3.8, 4) is 0 Å². The van der Waals surface area contributed by atoms with E-state index in [2.05, 4.69) is 27.4 Å². The Hall–Kier alpha value is -1.09. The van der Waals surface area contributed by atoms with Gasteiger partial charge in [0.2, 0.25) is 0 Å². The minimum Gasteiger partial charge on any atom is -0.459 e. The molecule has 4 atom stereocenters. The number of hydrogen-bond acceptors (Lipinski definition) is 3. The van der Waals surface area contributed by atoms with Crippen LogP contribution in [0.5, 0.6) is 0 Å². The molecule has 3 fully saturated rings. The topological polar surface area (TPSA) is 46.5 Å². The molecule has 3 rings (SSSR count). The molecule has 23 heavy (non-hydrogen) atoms. The molecule has 0 amide bonds. The van der Waals surface area contributed by atoms with Crippen molar-refractivity contribution in [2.24, 2.45) is 22.7 Å². The van der Waals surface area contributed by atoms with Crippen molar-refractivity contribution < 1.29 is 14.6 Å². The van der Waals surface area contributed by atoms with Gasteiger partial charge in [0.25, 0.3) is 0 Å². The highest BCUT2D eigenvalue weighted by molar-refractivity contribution is 5.91. The fourth-order valence-corrected chi connectivity index (χ4v) is 5.64. The van der Waals surface area contributed by atoms with Gasteiger partial charge in [-0.1, -0.05) is 45.4 Å². The summed E-state index contributed by atoms with van der Waals surface area (Å²) >= 11 is 0. The highest BCUT2D eigenvalue weighted by Gasteiger charge is 2.52. The SMILES string of the molecule is C=C1CC[C@H]2C(C)(C)CCC[C@]2(C)[C@H]1C/C=C1/C(=O)OC[C@@H]1O. The van der Waals surface area contributed by atoms with Crippen molar-refractivity contribution in [2.45, 2.75) is 65.4 Å². The molecule has 2 aliphatic carbocycles. The Morgan fingerprint density at radius 1 is 1.35 bits per heavy atom. The lowest BCUT2D eigenvalue weighted by Crippen LogP contribution is -2.49. The Bertz CT molecular complexity index is 545. The van der Waals surface area contributed by atoms with E-state index in [0.717, 1.165) is 12.8 Å². The predicted molar refractivity (Wildman–Crippen MR) is 90.8 cm³/mol. The highest BCUT2D eigenvalue weighted by Crippen LogP contribution is 2.61. The highest BCUT2D eigenvalue weighted by atomic mass is 16.6. The number of aliphatic hydroxyl groups is 1. The summed E-state index contributed by atoms with van der Waals surface area (Å²) in [5.41, 5.74) is 2.39. The largest absolute Gasteiger partial charge is 0.459 e. The summed E-state index contributed by atoms with van der Waals surface area (Å²) in [6, 6.07) is 0. The van der Waals surface area contributed by atoms with Gasteiger partial charge in [-0.15, -0.1) is 0 Å². The molecule has 3 aliphatic rings. The van der Waals surface area contributed by atoms with Crippen molar-refractivity contribution in [3.63, 3.8) is 0 Å².